The second-order valence-electron chi connectivity index (χ2n) is 6.26. The number of nitro benzene ring substituents is 1. The van der Waals surface area contributed by atoms with Gasteiger partial charge in [0.1, 0.15) is 12.1 Å². The molecule has 0 radical (unpaired) electrons. The molecule has 24 heavy (non-hydrogen) atoms. The first-order valence-corrected chi connectivity index (χ1v) is 7.94. The zero-order chi connectivity index (χ0) is 16.7. The predicted octanol–water partition coefficient (Wildman–Crippen LogP) is 3.35. The van der Waals surface area contributed by atoms with Crippen LogP contribution in [0, 0.1) is 10.1 Å². The number of fused-ring (bicyclic) bond motifs is 2. The van der Waals surface area contributed by atoms with Gasteiger partial charge < -0.3 is 10.5 Å². The average Bonchev–Trinajstić information content (AvgIpc) is 2.61. The highest BCUT2D eigenvalue weighted by molar-refractivity contribution is 5.91. The van der Waals surface area contributed by atoms with Crippen molar-refractivity contribution in [2.75, 3.05) is 0 Å². The second-order valence-corrected chi connectivity index (χ2v) is 6.26. The molecule has 6 heteroatoms. The maximum Gasteiger partial charge on any atom is 0.269 e. The molecule has 0 fully saturated rings. The van der Waals surface area contributed by atoms with E-state index < -0.39 is 10.5 Å². The summed E-state index contributed by atoms with van der Waals surface area (Å²) < 4.78 is 5.84. The highest BCUT2D eigenvalue weighted by Crippen LogP contribution is 2.38. The number of non-ortho nitro benzene ring substituents is 1. The minimum Gasteiger partial charge on any atom is -0.474 e. The summed E-state index contributed by atoms with van der Waals surface area (Å²) in [4.78, 5) is 15.1. The number of hydrogen-bond donors (Lipinski definition) is 1. The van der Waals surface area contributed by atoms with Crippen molar-refractivity contribution in [1.82, 2.24) is 0 Å². The van der Waals surface area contributed by atoms with Gasteiger partial charge in [-0.05, 0) is 36.5 Å². The number of aryl methyl sites for hydroxylation is 1. The van der Waals surface area contributed by atoms with Crippen molar-refractivity contribution >= 4 is 17.3 Å². The Labute approximate surface area is 139 Å². The van der Waals surface area contributed by atoms with Crippen LogP contribution in [-0.4, -0.2) is 10.8 Å². The number of benzene rings is 2. The molecule has 2 N–H and O–H groups in total. The monoisotopic (exact) mass is 323 g/mol. The van der Waals surface area contributed by atoms with Crippen molar-refractivity contribution in [1.29, 1.82) is 0 Å². The molecule has 0 amide bonds. The lowest BCUT2D eigenvalue weighted by atomic mass is 9.77. The van der Waals surface area contributed by atoms with Crippen LogP contribution in [0.2, 0.25) is 0 Å². The quantitative estimate of drug-likeness (QED) is 0.678. The van der Waals surface area contributed by atoms with E-state index in [1.54, 1.807) is 6.07 Å². The summed E-state index contributed by atoms with van der Waals surface area (Å²) >= 11 is 0. The van der Waals surface area contributed by atoms with E-state index in [4.69, 9.17) is 10.5 Å². The van der Waals surface area contributed by atoms with Crippen molar-refractivity contribution in [2.45, 2.75) is 31.4 Å². The Bertz CT molecular complexity index is 862. The maximum absolute atomic E-state index is 10.9. The molecule has 0 saturated heterocycles. The summed E-state index contributed by atoms with van der Waals surface area (Å²) in [5.74, 6) is 0.496. The first-order valence-electron chi connectivity index (χ1n) is 7.94. The Hall–Kier alpha value is -2.73. The molecule has 0 spiro atoms. The molecule has 0 bridgehead atoms. The minimum atomic E-state index is -0.742. The lowest BCUT2D eigenvalue weighted by Crippen LogP contribution is -2.48. The van der Waals surface area contributed by atoms with Gasteiger partial charge in [0.05, 0.1) is 10.6 Å². The third-order valence-electron chi connectivity index (χ3n) is 4.76. The van der Waals surface area contributed by atoms with Crippen LogP contribution in [0.15, 0.2) is 47.5 Å². The number of nitrogens with zero attached hydrogens (tertiary/aromatic N) is 2. The van der Waals surface area contributed by atoms with Gasteiger partial charge in [-0.15, -0.1) is 0 Å². The number of hydrogen-bond acceptors (Lipinski definition) is 5. The molecule has 122 valence electrons. The molecular formula is C18H17N3O3. The predicted molar refractivity (Wildman–Crippen MR) is 90.2 cm³/mol. The van der Waals surface area contributed by atoms with Crippen LogP contribution in [0.5, 0.6) is 0 Å². The van der Waals surface area contributed by atoms with Crippen LogP contribution >= 0.6 is 0 Å². The number of rotatable bonds is 2. The standard InChI is InChI=1S/C18H17N3O3/c19-18(9-3-5-12-4-1-2-6-15(12)18)17-20-16-8-7-14(21(22)23)10-13(16)11-24-17/h1-2,4,6-8,10H,3,5,9,11,19H2/t18-/m1/s1. The summed E-state index contributed by atoms with van der Waals surface area (Å²) in [5.41, 5.74) is 9.70. The minimum absolute atomic E-state index is 0.0430. The molecule has 2 aliphatic rings. The number of nitro groups is 1. The smallest absolute Gasteiger partial charge is 0.269 e. The van der Waals surface area contributed by atoms with E-state index >= 15 is 0 Å². The van der Waals surface area contributed by atoms with Gasteiger partial charge in [0, 0.05) is 17.7 Å². The van der Waals surface area contributed by atoms with E-state index in [9.17, 15) is 10.1 Å². The summed E-state index contributed by atoms with van der Waals surface area (Å²) in [6, 6.07) is 12.8. The first-order chi connectivity index (χ1) is 11.6. The summed E-state index contributed by atoms with van der Waals surface area (Å²) in [5, 5.41) is 10.9. The molecular weight excluding hydrogens is 306 g/mol. The number of ether oxygens (including phenoxy) is 1. The second kappa shape index (κ2) is 5.42. The van der Waals surface area contributed by atoms with Gasteiger partial charge in [-0.1, -0.05) is 24.3 Å². The molecule has 2 aromatic carbocycles. The van der Waals surface area contributed by atoms with Crippen molar-refractivity contribution < 1.29 is 9.66 Å². The molecule has 0 aromatic heterocycles. The Morgan fingerprint density at radius 1 is 1.21 bits per heavy atom. The largest absolute Gasteiger partial charge is 0.474 e. The van der Waals surface area contributed by atoms with Crippen LogP contribution in [0.25, 0.3) is 0 Å². The van der Waals surface area contributed by atoms with Gasteiger partial charge >= 0.3 is 0 Å². The Morgan fingerprint density at radius 2 is 2.04 bits per heavy atom. The number of nitrogens with two attached hydrogens (primary N) is 1. The summed E-state index contributed by atoms with van der Waals surface area (Å²) in [6.45, 7) is 0.247. The topological polar surface area (TPSA) is 90.8 Å². The van der Waals surface area contributed by atoms with Crippen molar-refractivity contribution in [3.05, 3.63) is 69.3 Å². The van der Waals surface area contributed by atoms with Crippen molar-refractivity contribution in [2.24, 2.45) is 10.7 Å². The zero-order valence-corrected chi connectivity index (χ0v) is 13.1. The van der Waals surface area contributed by atoms with Gasteiger partial charge in [-0.25, -0.2) is 4.99 Å². The normalized spacial score (nSPS) is 22.0. The third kappa shape index (κ3) is 2.27. The SMILES string of the molecule is N[C@]1(C2=Nc3ccc([N+](=O)[O-])cc3CO2)CCCc2ccccc21. The van der Waals surface area contributed by atoms with Crippen LogP contribution in [0.1, 0.15) is 29.5 Å². The fourth-order valence-corrected chi connectivity index (χ4v) is 3.51. The van der Waals surface area contributed by atoms with E-state index in [0.29, 0.717) is 17.1 Å². The molecule has 1 aliphatic carbocycles. The lowest BCUT2D eigenvalue weighted by Gasteiger charge is -2.37. The molecule has 1 aliphatic heterocycles. The molecule has 1 heterocycles. The molecule has 2 aromatic rings. The zero-order valence-electron chi connectivity index (χ0n) is 13.1. The Kier molecular flexibility index (Phi) is 3.35. The highest BCUT2D eigenvalue weighted by atomic mass is 16.6. The van der Waals surface area contributed by atoms with Crippen molar-refractivity contribution in [3.63, 3.8) is 0 Å². The van der Waals surface area contributed by atoms with Crippen LogP contribution < -0.4 is 5.73 Å². The maximum atomic E-state index is 10.9. The van der Waals surface area contributed by atoms with Crippen LogP contribution in [0.3, 0.4) is 0 Å². The summed E-state index contributed by atoms with van der Waals surface area (Å²) in [7, 11) is 0. The van der Waals surface area contributed by atoms with E-state index in [1.807, 2.05) is 18.2 Å². The van der Waals surface area contributed by atoms with Crippen LogP contribution in [0.4, 0.5) is 11.4 Å². The average molecular weight is 323 g/mol. The van der Waals surface area contributed by atoms with E-state index in [1.165, 1.54) is 17.7 Å². The Balaban J connectivity index is 1.77. The van der Waals surface area contributed by atoms with Gasteiger partial charge in [0.15, 0.2) is 0 Å². The third-order valence-corrected chi connectivity index (χ3v) is 4.76. The first kappa shape index (κ1) is 14.8. The van der Waals surface area contributed by atoms with E-state index in [2.05, 4.69) is 11.1 Å². The van der Waals surface area contributed by atoms with Gasteiger partial charge in [-0.3, -0.25) is 10.1 Å². The molecule has 1 atom stereocenters. The molecule has 6 nitrogen and oxygen atoms in total. The Morgan fingerprint density at radius 3 is 2.88 bits per heavy atom. The van der Waals surface area contributed by atoms with E-state index in [0.717, 1.165) is 24.8 Å². The van der Waals surface area contributed by atoms with Gasteiger partial charge in [0.2, 0.25) is 5.90 Å². The van der Waals surface area contributed by atoms with Crippen molar-refractivity contribution in [3.8, 4) is 0 Å². The molecule has 0 unspecified atom stereocenters. The lowest BCUT2D eigenvalue weighted by molar-refractivity contribution is -0.384. The summed E-state index contributed by atoms with van der Waals surface area (Å²) in [6.07, 6.45) is 2.75. The fourth-order valence-electron chi connectivity index (χ4n) is 3.51. The van der Waals surface area contributed by atoms with E-state index in [-0.39, 0.29) is 12.3 Å². The fraction of sp³-hybridized carbons (Fsp3) is 0.278. The number of aliphatic imine (C=N–C) groups is 1. The highest BCUT2D eigenvalue weighted by Gasteiger charge is 2.40. The molecule has 0 saturated carbocycles. The molecule has 4 rings (SSSR count). The van der Waals surface area contributed by atoms with Gasteiger partial charge in [-0.2, -0.15) is 0 Å². The van der Waals surface area contributed by atoms with Gasteiger partial charge in [0.25, 0.3) is 5.69 Å². The van der Waals surface area contributed by atoms with Crippen LogP contribution in [-0.2, 0) is 23.3 Å².